The molecule has 0 radical (unpaired) electrons. The first kappa shape index (κ1) is 22.1. The molecule has 0 aliphatic heterocycles. The van der Waals surface area contributed by atoms with E-state index in [1.54, 1.807) is 43.6 Å². The van der Waals surface area contributed by atoms with E-state index in [1.807, 2.05) is 12.1 Å². The van der Waals surface area contributed by atoms with Gasteiger partial charge in [-0.15, -0.1) is 13.2 Å². The number of hydrogen-bond donors (Lipinski definition) is 1. The van der Waals surface area contributed by atoms with Gasteiger partial charge in [0, 0.05) is 47.7 Å². The van der Waals surface area contributed by atoms with Crippen LogP contribution < -0.4 is 14.8 Å². The Morgan fingerprint density at radius 2 is 1.79 bits per heavy atom. The third-order valence-corrected chi connectivity index (χ3v) is 4.86. The predicted molar refractivity (Wildman–Crippen MR) is 115 cm³/mol. The zero-order chi connectivity index (χ0) is 23.4. The summed E-state index contributed by atoms with van der Waals surface area (Å²) in [5, 5.41) is 3.36. The summed E-state index contributed by atoms with van der Waals surface area (Å²) in [6, 6.07) is 14.1. The number of ether oxygens (including phenoxy) is 2. The summed E-state index contributed by atoms with van der Waals surface area (Å²) in [6.07, 6.45) is -0.0656. The van der Waals surface area contributed by atoms with Crippen molar-refractivity contribution >= 4 is 16.8 Å². The molecule has 33 heavy (non-hydrogen) atoms. The number of nitrogens with zero attached hydrogens (tertiary/aromatic N) is 2. The Labute approximate surface area is 187 Å². The van der Waals surface area contributed by atoms with Crippen LogP contribution in [0.2, 0.25) is 0 Å². The van der Waals surface area contributed by atoms with Gasteiger partial charge in [-0.25, -0.2) is 0 Å². The van der Waals surface area contributed by atoms with E-state index in [4.69, 9.17) is 4.74 Å². The van der Waals surface area contributed by atoms with E-state index in [1.165, 1.54) is 24.4 Å². The van der Waals surface area contributed by atoms with Crippen molar-refractivity contribution in [2.75, 3.05) is 0 Å². The SMILES string of the molecule is Cc1c(Oc2ccnc3cc(OC(F)(F)F)ccc23)cccc1C(=O)NCc1ccncc1. The fraction of sp³-hybridized carbons (Fsp3) is 0.125. The van der Waals surface area contributed by atoms with Crippen LogP contribution in [-0.4, -0.2) is 22.2 Å². The summed E-state index contributed by atoms with van der Waals surface area (Å²) in [5.74, 6) is 0.192. The number of hydrogen-bond acceptors (Lipinski definition) is 5. The number of halogens is 3. The lowest BCUT2D eigenvalue weighted by Crippen LogP contribution is -2.23. The van der Waals surface area contributed by atoms with E-state index in [-0.39, 0.29) is 17.2 Å². The number of benzene rings is 2. The lowest BCUT2D eigenvalue weighted by molar-refractivity contribution is -0.274. The molecule has 168 valence electrons. The first-order valence-electron chi connectivity index (χ1n) is 9.89. The fourth-order valence-electron chi connectivity index (χ4n) is 3.26. The molecule has 1 amide bonds. The highest BCUT2D eigenvalue weighted by atomic mass is 19.4. The number of carbonyl (C=O) groups excluding carboxylic acids is 1. The minimum Gasteiger partial charge on any atom is -0.456 e. The summed E-state index contributed by atoms with van der Waals surface area (Å²) in [4.78, 5) is 20.8. The van der Waals surface area contributed by atoms with E-state index in [2.05, 4.69) is 20.0 Å². The molecule has 9 heteroatoms. The number of nitrogens with one attached hydrogen (secondary N) is 1. The highest BCUT2D eigenvalue weighted by Crippen LogP contribution is 2.34. The number of aromatic nitrogens is 2. The Balaban J connectivity index is 1.56. The van der Waals surface area contributed by atoms with Gasteiger partial charge in [0.1, 0.15) is 17.2 Å². The van der Waals surface area contributed by atoms with Gasteiger partial charge in [-0.05, 0) is 55.0 Å². The third-order valence-electron chi connectivity index (χ3n) is 4.86. The summed E-state index contributed by atoms with van der Waals surface area (Å²) < 4.78 is 47.5. The molecule has 4 rings (SSSR count). The molecule has 2 aromatic heterocycles. The van der Waals surface area contributed by atoms with E-state index in [0.717, 1.165) is 5.56 Å². The van der Waals surface area contributed by atoms with E-state index in [0.29, 0.717) is 34.6 Å². The van der Waals surface area contributed by atoms with Gasteiger partial charge in [0.25, 0.3) is 5.91 Å². The topological polar surface area (TPSA) is 73.3 Å². The first-order chi connectivity index (χ1) is 15.8. The third kappa shape index (κ3) is 5.38. The van der Waals surface area contributed by atoms with Crippen LogP contribution in [0.5, 0.6) is 17.2 Å². The van der Waals surface area contributed by atoms with Crippen molar-refractivity contribution in [1.82, 2.24) is 15.3 Å². The molecule has 6 nitrogen and oxygen atoms in total. The fourth-order valence-corrected chi connectivity index (χ4v) is 3.26. The second-order valence-corrected chi connectivity index (χ2v) is 7.10. The van der Waals surface area contributed by atoms with Crippen LogP contribution in [0.25, 0.3) is 10.9 Å². The molecule has 2 heterocycles. The quantitative estimate of drug-likeness (QED) is 0.414. The molecule has 0 aliphatic carbocycles. The molecule has 0 aliphatic rings. The van der Waals surface area contributed by atoms with Crippen molar-refractivity contribution in [2.24, 2.45) is 0 Å². The van der Waals surface area contributed by atoms with Gasteiger partial charge in [-0.3, -0.25) is 14.8 Å². The maximum Gasteiger partial charge on any atom is 0.573 e. The molecule has 2 aromatic carbocycles. The molecule has 0 spiro atoms. The van der Waals surface area contributed by atoms with E-state index >= 15 is 0 Å². The van der Waals surface area contributed by atoms with Crippen molar-refractivity contribution in [3.05, 3.63) is 89.9 Å². The van der Waals surface area contributed by atoms with E-state index < -0.39 is 6.36 Å². The van der Waals surface area contributed by atoms with Crippen molar-refractivity contribution < 1.29 is 27.4 Å². The van der Waals surface area contributed by atoms with Crippen LogP contribution in [0.1, 0.15) is 21.5 Å². The van der Waals surface area contributed by atoms with Gasteiger partial charge in [-0.2, -0.15) is 0 Å². The molecular formula is C24H18F3N3O3. The molecule has 1 N–H and O–H groups in total. The molecule has 0 saturated heterocycles. The normalized spacial score (nSPS) is 11.3. The van der Waals surface area contributed by atoms with Gasteiger partial charge in [0.05, 0.1) is 5.52 Å². The van der Waals surface area contributed by atoms with Gasteiger partial charge in [-0.1, -0.05) is 6.07 Å². The van der Waals surface area contributed by atoms with Crippen molar-refractivity contribution in [3.63, 3.8) is 0 Å². The van der Waals surface area contributed by atoms with Crippen LogP contribution in [0.4, 0.5) is 13.2 Å². The Kier molecular flexibility index (Phi) is 6.12. The number of pyridine rings is 2. The summed E-state index contributed by atoms with van der Waals surface area (Å²) in [5.41, 5.74) is 2.26. The minimum atomic E-state index is -4.79. The van der Waals surface area contributed by atoms with Crippen molar-refractivity contribution in [2.45, 2.75) is 19.8 Å². The van der Waals surface area contributed by atoms with Crippen LogP contribution in [0.15, 0.2) is 73.2 Å². The molecule has 0 atom stereocenters. The maximum atomic E-state index is 12.7. The Morgan fingerprint density at radius 3 is 2.55 bits per heavy atom. The molecule has 4 aromatic rings. The number of rotatable bonds is 6. The number of carbonyl (C=O) groups is 1. The largest absolute Gasteiger partial charge is 0.573 e. The zero-order valence-corrected chi connectivity index (χ0v) is 17.4. The van der Waals surface area contributed by atoms with Gasteiger partial charge < -0.3 is 14.8 Å². The molecule has 0 bridgehead atoms. The smallest absolute Gasteiger partial charge is 0.456 e. The minimum absolute atomic E-state index is 0.261. The lowest BCUT2D eigenvalue weighted by Gasteiger charge is -2.14. The van der Waals surface area contributed by atoms with Gasteiger partial charge in [0.15, 0.2) is 0 Å². The van der Waals surface area contributed by atoms with E-state index in [9.17, 15) is 18.0 Å². The number of fused-ring (bicyclic) bond motifs is 1. The zero-order valence-electron chi connectivity index (χ0n) is 17.4. The highest BCUT2D eigenvalue weighted by Gasteiger charge is 2.31. The standard InChI is InChI=1S/C24H18F3N3O3/c1-15-18(23(31)30-14-16-7-10-28-11-8-16)3-2-4-21(15)32-22-9-12-29-20-13-17(5-6-19(20)22)33-24(25,26)27/h2-13H,14H2,1H3,(H,30,31). The Morgan fingerprint density at radius 1 is 1.00 bits per heavy atom. The Hall–Kier alpha value is -4.14. The van der Waals surface area contributed by atoms with Gasteiger partial charge >= 0.3 is 6.36 Å². The average Bonchev–Trinajstić information content (AvgIpc) is 2.78. The van der Waals surface area contributed by atoms with Crippen molar-refractivity contribution in [3.8, 4) is 17.2 Å². The second kappa shape index (κ2) is 9.15. The van der Waals surface area contributed by atoms with Crippen LogP contribution in [-0.2, 0) is 6.54 Å². The van der Waals surface area contributed by atoms with Crippen LogP contribution in [0.3, 0.4) is 0 Å². The maximum absolute atomic E-state index is 12.7. The second-order valence-electron chi connectivity index (χ2n) is 7.10. The summed E-state index contributed by atoms with van der Waals surface area (Å²) >= 11 is 0. The lowest BCUT2D eigenvalue weighted by atomic mass is 10.1. The monoisotopic (exact) mass is 453 g/mol. The molecule has 0 fully saturated rings. The molecular weight excluding hydrogens is 435 g/mol. The molecule has 0 unspecified atom stereocenters. The van der Waals surface area contributed by atoms with Gasteiger partial charge in [0.2, 0.25) is 0 Å². The van der Waals surface area contributed by atoms with Crippen molar-refractivity contribution in [1.29, 1.82) is 0 Å². The summed E-state index contributed by atoms with van der Waals surface area (Å²) in [7, 11) is 0. The average molecular weight is 453 g/mol. The molecule has 0 saturated carbocycles. The first-order valence-corrected chi connectivity index (χ1v) is 9.89. The van der Waals surface area contributed by atoms with Crippen LogP contribution >= 0.6 is 0 Å². The predicted octanol–water partition coefficient (Wildman–Crippen LogP) is 5.56. The number of amides is 1. The van der Waals surface area contributed by atoms with Crippen LogP contribution in [0, 0.1) is 6.92 Å². The summed E-state index contributed by atoms with van der Waals surface area (Å²) in [6.45, 7) is 2.11. The highest BCUT2D eigenvalue weighted by molar-refractivity contribution is 5.96. The Bertz CT molecular complexity index is 1290. The number of alkyl halides is 3.